The fourth-order valence-corrected chi connectivity index (χ4v) is 4.12. The molecular weight excluding hydrogens is 416 g/mol. The number of nitro benzene ring substituents is 1. The maximum atomic E-state index is 12.6. The second kappa shape index (κ2) is 8.34. The highest BCUT2D eigenvalue weighted by molar-refractivity contribution is 8.04. The average Bonchev–Trinajstić information content (AvgIpc) is 3.10. The minimum atomic E-state index is -0.575. The number of fused-ring (bicyclic) bond motifs is 1. The van der Waals surface area contributed by atoms with Gasteiger partial charge in [0.05, 0.1) is 16.9 Å². The standard InChI is InChI=1S/C23H14N2O5S/c1-29-20-10-14(11-22-23(26)17-4-2-3-5-21(17)31-22)6-8-19(20)30-18-9-7-16(25(27)28)12-15(18)13-24/h2-12H,1H3/b22-11-. The smallest absolute Gasteiger partial charge is 0.271 e. The zero-order chi connectivity index (χ0) is 22.0. The van der Waals surface area contributed by atoms with Gasteiger partial charge in [0.2, 0.25) is 5.78 Å². The summed E-state index contributed by atoms with van der Waals surface area (Å²) in [6.07, 6.45) is 1.78. The summed E-state index contributed by atoms with van der Waals surface area (Å²) in [6.45, 7) is 0. The topological polar surface area (TPSA) is 102 Å². The van der Waals surface area contributed by atoms with Gasteiger partial charge in [0.25, 0.3) is 5.69 Å². The summed E-state index contributed by atoms with van der Waals surface area (Å²) in [4.78, 5) is 24.5. The molecule has 0 amide bonds. The van der Waals surface area contributed by atoms with Crippen LogP contribution in [0.3, 0.4) is 0 Å². The van der Waals surface area contributed by atoms with Crippen molar-refractivity contribution < 1.29 is 19.2 Å². The van der Waals surface area contributed by atoms with Crippen molar-refractivity contribution in [2.45, 2.75) is 4.90 Å². The van der Waals surface area contributed by atoms with Gasteiger partial charge in [0, 0.05) is 22.6 Å². The minimum Gasteiger partial charge on any atom is -0.493 e. The number of carbonyl (C=O) groups is 1. The predicted molar refractivity (Wildman–Crippen MR) is 115 cm³/mol. The lowest BCUT2D eigenvalue weighted by atomic mass is 10.1. The zero-order valence-electron chi connectivity index (χ0n) is 16.2. The summed E-state index contributed by atoms with van der Waals surface area (Å²) in [7, 11) is 1.48. The van der Waals surface area contributed by atoms with E-state index in [4.69, 9.17) is 9.47 Å². The lowest BCUT2D eigenvalue weighted by Crippen LogP contribution is -1.96. The number of rotatable bonds is 5. The van der Waals surface area contributed by atoms with Crippen molar-refractivity contribution in [3.63, 3.8) is 0 Å². The van der Waals surface area contributed by atoms with Crippen molar-refractivity contribution in [1.29, 1.82) is 5.26 Å². The van der Waals surface area contributed by atoms with Crippen LogP contribution in [0.15, 0.2) is 70.5 Å². The highest BCUT2D eigenvalue weighted by Gasteiger charge is 2.25. The molecule has 0 spiro atoms. The Morgan fingerprint density at radius 3 is 2.55 bits per heavy atom. The average molecular weight is 430 g/mol. The van der Waals surface area contributed by atoms with Crippen molar-refractivity contribution in [3.05, 3.63) is 92.4 Å². The second-order valence-electron chi connectivity index (χ2n) is 6.50. The molecule has 0 fully saturated rings. The Morgan fingerprint density at radius 2 is 1.84 bits per heavy atom. The first kappa shape index (κ1) is 20.2. The number of hydrogen-bond donors (Lipinski definition) is 0. The number of nitrogens with zero attached hydrogens (tertiary/aromatic N) is 2. The normalized spacial score (nSPS) is 13.5. The number of hydrogen-bond acceptors (Lipinski definition) is 7. The molecule has 0 N–H and O–H groups in total. The van der Waals surface area contributed by atoms with Gasteiger partial charge in [-0.05, 0) is 42.0 Å². The van der Waals surface area contributed by atoms with E-state index in [0.29, 0.717) is 22.0 Å². The molecule has 0 aromatic heterocycles. The number of Topliss-reactive ketones (excluding diaryl/α,β-unsaturated/α-hetero) is 1. The molecule has 0 saturated carbocycles. The lowest BCUT2D eigenvalue weighted by molar-refractivity contribution is -0.384. The lowest BCUT2D eigenvalue weighted by Gasteiger charge is -2.12. The quantitative estimate of drug-likeness (QED) is 0.295. The highest BCUT2D eigenvalue weighted by Crippen LogP contribution is 2.41. The van der Waals surface area contributed by atoms with Crippen LogP contribution in [0.25, 0.3) is 6.08 Å². The van der Waals surface area contributed by atoms with E-state index < -0.39 is 4.92 Å². The van der Waals surface area contributed by atoms with Crippen LogP contribution in [0.5, 0.6) is 17.2 Å². The predicted octanol–water partition coefficient (Wildman–Crippen LogP) is 5.60. The van der Waals surface area contributed by atoms with Gasteiger partial charge in [0.1, 0.15) is 17.4 Å². The van der Waals surface area contributed by atoms with Crippen molar-refractivity contribution in [1.82, 2.24) is 0 Å². The van der Waals surface area contributed by atoms with Crippen LogP contribution >= 0.6 is 11.8 Å². The van der Waals surface area contributed by atoms with E-state index in [0.717, 1.165) is 16.5 Å². The molecule has 152 valence electrons. The summed E-state index contributed by atoms with van der Waals surface area (Å²) < 4.78 is 11.2. The number of allylic oxidation sites excluding steroid dienone is 1. The first-order chi connectivity index (χ1) is 15.0. The molecule has 0 atom stereocenters. The van der Waals surface area contributed by atoms with Crippen molar-refractivity contribution in [2.24, 2.45) is 0 Å². The first-order valence-electron chi connectivity index (χ1n) is 9.08. The number of ether oxygens (including phenoxy) is 2. The Balaban J connectivity index is 1.62. The van der Waals surface area contributed by atoms with Crippen LogP contribution in [0.1, 0.15) is 21.5 Å². The van der Waals surface area contributed by atoms with Gasteiger partial charge in [-0.1, -0.05) is 30.0 Å². The number of nitriles is 1. The molecule has 7 nitrogen and oxygen atoms in total. The van der Waals surface area contributed by atoms with Crippen molar-refractivity contribution >= 4 is 29.3 Å². The Labute approximate surface area is 181 Å². The number of carbonyl (C=O) groups excluding carboxylic acids is 1. The van der Waals surface area contributed by atoms with Gasteiger partial charge in [0.15, 0.2) is 11.5 Å². The van der Waals surface area contributed by atoms with E-state index in [1.807, 2.05) is 24.3 Å². The molecule has 3 aromatic carbocycles. The monoisotopic (exact) mass is 430 g/mol. The van der Waals surface area contributed by atoms with Crippen LogP contribution in [0, 0.1) is 21.4 Å². The van der Waals surface area contributed by atoms with Gasteiger partial charge in [-0.3, -0.25) is 14.9 Å². The summed E-state index contributed by atoms with van der Waals surface area (Å²) in [5.74, 6) is 0.882. The van der Waals surface area contributed by atoms with Gasteiger partial charge in [-0.25, -0.2) is 0 Å². The number of thioether (sulfide) groups is 1. The van der Waals surface area contributed by atoms with Gasteiger partial charge in [-0.2, -0.15) is 5.26 Å². The van der Waals surface area contributed by atoms with Crippen LogP contribution in [0.4, 0.5) is 5.69 Å². The van der Waals surface area contributed by atoms with Crippen LogP contribution in [-0.4, -0.2) is 17.8 Å². The molecule has 0 bridgehead atoms. The Morgan fingerprint density at radius 1 is 1.06 bits per heavy atom. The van der Waals surface area contributed by atoms with Crippen LogP contribution in [-0.2, 0) is 0 Å². The van der Waals surface area contributed by atoms with Crippen molar-refractivity contribution in [2.75, 3.05) is 7.11 Å². The van der Waals surface area contributed by atoms with Crippen LogP contribution < -0.4 is 9.47 Å². The molecule has 1 aliphatic rings. The molecule has 3 aromatic rings. The molecule has 1 aliphatic heterocycles. The minimum absolute atomic E-state index is 0.0237. The molecule has 0 saturated heterocycles. The van der Waals surface area contributed by atoms with E-state index in [1.54, 1.807) is 30.3 Å². The molecule has 31 heavy (non-hydrogen) atoms. The molecule has 0 radical (unpaired) electrons. The van der Waals surface area contributed by atoms with E-state index in [-0.39, 0.29) is 22.8 Å². The largest absolute Gasteiger partial charge is 0.493 e. The maximum Gasteiger partial charge on any atom is 0.271 e. The summed E-state index contributed by atoms with van der Waals surface area (Å²) in [6, 6.07) is 18.3. The van der Waals surface area contributed by atoms with Gasteiger partial charge < -0.3 is 9.47 Å². The number of non-ortho nitro benzene ring substituents is 1. The first-order valence-corrected chi connectivity index (χ1v) is 9.89. The fourth-order valence-electron chi connectivity index (χ4n) is 3.07. The second-order valence-corrected chi connectivity index (χ2v) is 7.58. The third-order valence-corrected chi connectivity index (χ3v) is 5.67. The summed E-state index contributed by atoms with van der Waals surface area (Å²) in [5, 5.41) is 20.2. The van der Waals surface area contributed by atoms with E-state index in [9.17, 15) is 20.2 Å². The van der Waals surface area contributed by atoms with Crippen molar-refractivity contribution in [3.8, 4) is 23.3 Å². The number of nitro groups is 1. The highest BCUT2D eigenvalue weighted by atomic mass is 32.2. The van der Waals surface area contributed by atoms with E-state index in [1.165, 1.54) is 31.0 Å². The number of benzene rings is 3. The molecule has 0 aliphatic carbocycles. The third kappa shape index (κ3) is 3.99. The molecule has 1 heterocycles. The molecule has 0 unspecified atom stereocenters. The van der Waals surface area contributed by atoms with E-state index in [2.05, 4.69) is 0 Å². The molecule has 8 heteroatoms. The molecular formula is C23H14N2O5S. The van der Waals surface area contributed by atoms with Gasteiger partial charge >= 0.3 is 0 Å². The number of methoxy groups -OCH3 is 1. The SMILES string of the molecule is COc1cc(/C=C2\Sc3ccccc3C2=O)ccc1Oc1ccc([N+](=O)[O-])cc1C#N. The summed E-state index contributed by atoms with van der Waals surface area (Å²) >= 11 is 1.42. The third-order valence-electron chi connectivity index (χ3n) is 4.58. The van der Waals surface area contributed by atoms with Crippen LogP contribution in [0.2, 0.25) is 0 Å². The maximum absolute atomic E-state index is 12.6. The van der Waals surface area contributed by atoms with E-state index >= 15 is 0 Å². The Kier molecular flexibility index (Phi) is 5.43. The summed E-state index contributed by atoms with van der Waals surface area (Å²) in [5.41, 5.74) is 1.27. The Hall–Kier alpha value is -4.09. The Bertz CT molecular complexity index is 1290. The molecule has 4 rings (SSSR count). The zero-order valence-corrected chi connectivity index (χ0v) is 17.0. The number of ketones is 1. The van der Waals surface area contributed by atoms with Gasteiger partial charge in [-0.15, -0.1) is 0 Å². The fraction of sp³-hybridized carbons (Fsp3) is 0.0435.